The minimum absolute atomic E-state index is 0.000512. The SMILES string of the molecule is CCC(CC)C(=O)Nc1cccc(C(C)C(=O)O)c1. The summed E-state index contributed by atoms with van der Waals surface area (Å²) in [5.74, 6) is -1.46. The normalized spacial score (nSPS) is 12.2. The molecule has 1 aromatic rings. The third kappa shape index (κ3) is 4.09. The molecule has 104 valence electrons. The molecule has 0 aliphatic carbocycles. The number of carboxylic acids is 1. The van der Waals surface area contributed by atoms with E-state index in [1.54, 1.807) is 31.2 Å². The highest BCUT2D eigenvalue weighted by Crippen LogP contribution is 2.20. The molecule has 19 heavy (non-hydrogen) atoms. The topological polar surface area (TPSA) is 66.4 Å². The Morgan fingerprint density at radius 3 is 2.42 bits per heavy atom. The highest BCUT2D eigenvalue weighted by molar-refractivity contribution is 5.92. The van der Waals surface area contributed by atoms with Gasteiger partial charge in [0.2, 0.25) is 5.91 Å². The summed E-state index contributed by atoms with van der Waals surface area (Å²) in [6.45, 7) is 5.59. The zero-order chi connectivity index (χ0) is 14.4. The van der Waals surface area contributed by atoms with Crippen molar-refractivity contribution in [2.24, 2.45) is 5.92 Å². The van der Waals surface area contributed by atoms with Crippen LogP contribution in [-0.2, 0) is 9.59 Å². The van der Waals surface area contributed by atoms with Crippen LogP contribution in [0.25, 0.3) is 0 Å². The van der Waals surface area contributed by atoms with Gasteiger partial charge in [0.05, 0.1) is 5.92 Å². The molecule has 1 atom stereocenters. The van der Waals surface area contributed by atoms with Gasteiger partial charge >= 0.3 is 5.97 Å². The molecule has 0 saturated heterocycles. The van der Waals surface area contributed by atoms with Gasteiger partial charge in [0.1, 0.15) is 0 Å². The predicted molar refractivity (Wildman–Crippen MR) is 75.2 cm³/mol. The summed E-state index contributed by atoms with van der Waals surface area (Å²) in [5.41, 5.74) is 1.34. The minimum Gasteiger partial charge on any atom is -0.481 e. The van der Waals surface area contributed by atoms with E-state index < -0.39 is 11.9 Å². The van der Waals surface area contributed by atoms with Crippen molar-refractivity contribution in [1.29, 1.82) is 0 Å². The zero-order valence-electron chi connectivity index (χ0n) is 11.6. The van der Waals surface area contributed by atoms with Crippen LogP contribution in [0.15, 0.2) is 24.3 Å². The fourth-order valence-corrected chi connectivity index (χ4v) is 1.93. The molecule has 4 nitrogen and oxygen atoms in total. The van der Waals surface area contributed by atoms with Gasteiger partial charge in [-0.1, -0.05) is 26.0 Å². The van der Waals surface area contributed by atoms with Crippen molar-refractivity contribution < 1.29 is 14.7 Å². The fraction of sp³-hybridized carbons (Fsp3) is 0.467. The Labute approximate surface area is 113 Å². The summed E-state index contributed by atoms with van der Waals surface area (Å²) >= 11 is 0. The average Bonchev–Trinajstić information content (AvgIpc) is 2.39. The van der Waals surface area contributed by atoms with E-state index in [9.17, 15) is 9.59 Å². The highest BCUT2D eigenvalue weighted by atomic mass is 16.4. The van der Waals surface area contributed by atoms with Gasteiger partial charge in [-0.05, 0) is 37.5 Å². The first kappa shape index (κ1) is 15.2. The molecule has 0 bridgehead atoms. The van der Waals surface area contributed by atoms with E-state index in [0.29, 0.717) is 11.3 Å². The summed E-state index contributed by atoms with van der Waals surface area (Å²) in [6, 6.07) is 7.01. The van der Waals surface area contributed by atoms with Crippen LogP contribution in [0.4, 0.5) is 5.69 Å². The van der Waals surface area contributed by atoms with Gasteiger partial charge in [-0.3, -0.25) is 9.59 Å². The number of hydrogen-bond donors (Lipinski definition) is 2. The highest BCUT2D eigenvalue weighted by Gasteiger charge is 2.16. The van der Waals surface area contributed by atoms with Crippen molar-refractivity contribution in [2.45, 2.75) is 39.5 Å². The van der Waals surface area contributed by atoms with E-state index >= 15 is 0 Å². The Balaban J connectivity index is 2.83. The Morgan fingerprint density at radius 2 is 1.89 bits per heavy atom. The number of carboxylic acid groups (broad SMARTS) is 1. The predicted octanol–water partition coefficient (Wildman–Crippen LogP) is 3.25. The second-order valence-electron chi connectivity index (χ2n) is 4.69. The Morgan fingerprint density at radius 1 is 1.26 bits per heavy atom. The molecule has 0 aliphatic rings. The maximum atomic E-state index is 12.0. The number of nitrogens with one attached hydrogen (secondary N) is 1. The maximum absolute atomic E-state index is 12.0. The zero-order valence-corrected chi connectivity index (χ0v) is 11.6. The molecular weight excluding hydrogens is 242 g/mol. The molecule has 0 heterocycles. The molecule has 1 amide bonds. The van der Waals surface area contributed by atoms with Crippen LogP contribution < -0.4 is 5.32 Å². The maximum Gasteiger partial charge on any atom is 0.310 e. The van der Waals surface area contributed by atoms with Gasteiger partial charge in [-0.15, -0.1) is 0 Å². The molecular formula is C15H21NO3. The average molecular weight is 263 g/mol. The van der Waals surface area contributed by atoms with E-state index in [-0.39, 0.29) is 11.8 Å². The molecule has 4 heteroatoms. The van der Waals surface area contributed by atoms with Gasteiger partial charge in [0.25, 0.3) is 0 Å². The molecule has 1 aromatic carbocycles. The van der Waals surface area contributed by atoms with E-state index in [2.05, 4.69) is 5.32 Å². The van der Waals surface area contributed by atoms with E-state index in [4.69, 9.17) is 5.11 Å². The first-order chi connectivity index (χ1) is 8.99. The van der Waals surface area contributed by atoms with Gasteiger partial charge in [-0.2, -0.15) is 0 Å². The quantitative estimate of drug-likeness (QED) is 0.828. The molecule has 0 aliphatic heterocycles. The lowest BCUT2D eigenvalue weighted by Gasteiger charge is -2.14. The van der Waals surface area contributed by atoms with Crippen molar-refractivity contribution >= 4 is 17.6 Å². The summed E-state index contributed by atoms with van der Waals surface area (Å²) in [6.07, 6.45) is 1.60. The first-order valence-electron chi connectivity index (χ1n) is 6.63. The number of rotatable bonds is 6. The summed E-state index contributed by atoms with van der Waals surface area (Å²) < 4.78 is 0. The Kier molecular flexibility index (Phi) is 5.55. The first-order valence-corrected chi connectivity index (χ1v) is 6.63. The number of benzene rings is 1. The molecule has 2 N–H and O–H groups in total. The number of carbonyl (C=O) groups excluding carboxylic acids is 1. The van der Waals surface area contributed by atoms with Gasteiger partial charge in [-0.25, -0.2) is 0 Å². The monoisotopic (exact) mass is 263 g/mol. The van der Waals surface area contributed by atoms with Crippen LogP contribution in [0.3, 0.4) is 0 Å². The largest absolute Gasteiger partial charge is 0.481 e. The lowest BCUT2D eigenvalue weighted by Crippen LogP contribution is -2.21. The summed E-state index contributed by atoms with van der Waals surface area (Å²) in [4.78, 5) is 22.9. The number of amides is 1. The molecule has 0 spiro atoms. The smallest absolute Gasteiger partial charge is 0.310 e. The van der Waals surface area contributed by atoms with Crippen LogP contribution >= 0.6 is 0 Å². The molecule has 0 saturated carbocycles. The van der Waals surface area contributed by atoms with Gasteiger partial charge in [0.15, 0.2) is 0 Å². The number of carbonyl (C=O) groups is 2. The molecule has 0 fully saturated rings. The number of aliphatic carboxylic acids is 1. The number of anilines is 1. The van der Waals surface area contributed by atoms with Crippen molar-refractivity contribution in [3.8, 4) is 0 Å². The standard InChI is InChI=1S/C15H21NO3/c1-4-11(5-2)14(17)16-13-8-6-7-12(9-13)10(3)15(18)19/h6-11H,4-5H2,1-3H3,(H,16,17)(H,18,19). The van der Waals surface area contributed by atoms with Crippen LogP contribution in [0, 0.1) is 5.92 Å². The molecule has 1 rings (SSSR count). The molecule has 0 aromatic heterocycles. The third-order valence-electron chi connectivity index (χ3n) is 3.38. The Hall–Kier alpha value is -1.84. The van der Waals surface area contributed by atoms with Crippen LogP contribution in [-0.4, -0.2) is 17.0 Å². The van der Waals surface area contributed by atoms with E-state index in [1.165, 1.54) is 0 Å². The minimum atomic E-state index is -0.872. The van der Waals surface area contributed by atoms with Crippen molar-refractivity contribution in [3.05, 3.63) is 29.8 Å². The van der Waals surface area contributed by atoms with Crippen molar-refractivity contribution in [2.75, 3.05) is 5.32 Å². The van der Waals surface area contributed by atoms with E-state index in [0.717, 1.165) is 12.8 Å². The van der Waals surface area contributed by atoms with Crippen LogP contribution in [0.2, 0.25) is 0 Å². The third-order valence-corrected chi connectivity index (χ3v) is 3.38. The lowest BCUT2D eigenvalue weighted by molar-refractivity contribution is -0.138. The lowest BCUT2D eigenvalue weighted by atomic mass is 10.00. The van der Waals surface area contributed by atoms with Crippen molar-refractivity contribution in [1.82, 2.24) is 0 Å². The Bertz CT molecular complexity index is 452. The van der Waals surface area contributed by atoms with E-state index in [1.807, 2.05) is 13.8 Å². The second kappa shape index (κ2) is 6.92. The van der Waals surface area contributed by atoms with Gasteiger partial charge < -0.3 is 10.4 Å². The summed E-state index contributed by atoms with van der Waals surface area (Å²) in [7, 11) is 0. The summed E-state index contributed by atoms with van der Waals surface area (Å²) in [5, 5.41) is 11.8. The molecule has 1 unspecified atom stereocenters. The fourth-order valence-electron chi connectivity index (χ4n) is 1.93. The molecule has 0 radical (unpaired) electrons. The number of hydrogen-bond acceptors (Lipinski definition) is 2. The van der Waals surface area contributed by atoms with Crippen LogP contribution in [0.5, 0.6) is 0 Å². The van der Waals surface area contributed by atoms with Gasteiger partial charge in [0, 0.05) is 11.6 Å². The van der Waals surface area contributed by atoms with Crippen LogP contribution in [0.1, 0.15) is 45.1 Å². The van der Waals surface area contributed by atoms with Crippen molar-refractivity contribution in [3.63, 3.8) is 0 Å². The second-order valence-corrected chi connectivity index (χ2v) is 4.69.